The molecule has 1 saturated heterocycles. The second-order valence-electron chi connectivity index (χ2n) is 7.77. The number of imide groups is 1. The van der Waals surface area contributed by atoms with Crippen molar-refractivity contribution in [3.8, 4) is 5.75 Å². The topological polar surface area (TPSA) is 109 Å². The Bertz CT molecular complexity index is 1010. The first-order chi connectivity index (χ1) is 15.5. The fourth-order valence-corrected chi connectivity index (χ4v) is 4.03. The van der Waals surface area contributed by atoms with Crippen molar-refractivity contribution in [2.24, 2.45) is 0 Å². The Labute approximate surface area is 185 Å². The van der Waals surface area contributed by atoms with Crippen molar-refractivity contribution in [3.63, 3.8) is 0 Å². The quantitative estimate of drug-likeness (QED) is 0.279. The van der Waals surface area contributed by atoms with Gasteiger partial charge in [0.2, 0.25) is 5.82 Å². The monoisotopic (exact) mass is 439 g/mol. The summed E-state index contributed by atoms with van der Waals surface area (Å²) in [5.74, 6) is 0.225. The molecule has 1 aromatic heterocycles. The van der Waals surface area contributed by atoms with Gasteiger partial charge in [-0.25, -0.2) is 4.98 Å². The number of piperazine rings is 1. The van der Waals surface area contributed by atoms with Gasteiger partial charge in [0.1, 0.15) is 5.75 Å². The average Bonchev–Trinajstić information content (AvgIpc) is 2.94. The average molecular weight is 439 g/mol. The van der Waals surface area contributed by atoms with Gasteiger partial charge in [0.15, 0.2) is 6.61 Å². The third kappa shape index (κ3) is 4.70. The molecule has 168 valence electrons. The smallest absolute Gasteiger partial charge is 0.311 e. The molecule has 1 aromatic carbocycles. The van der Waals surface area contributed by atoms with Gasteiger partial charge in [0.25, 0.3) is 11.8 Å². The van der Waals surface area contributed by atoms with E-state index in [-0.39, 0.29) is 24.1 Å². The van der Waals surface area contributed by atoms with Crippen molar-refractivity contribution >= 4 is 23.3 Å². The van der Waals surface area contributed by atoms with Gasteiger partial charge in [0.05, 0.1) is 10.5 Å². The summed E-state index contributed by atoms with van der Waals surface area (Å²) < 4.78 is 5.46. The van der Waals surface area contributed by atoms with Gasteiger partial charge < -0.3 is 9.64 Å². The molecule has 0 bridgehead atoms. The van der Waals surface area contributed by atoms with E-state index in [1.165, 1.54) is 11.0 Å². The van der Waals surface area contributed by atoms with E-state index in [0.717, 1.165) is 26.1 Å². The van der Waals surface area contributed by atoms with Crippen LogP contribution >= 0.6 is 0 Å². The van der Waals surface area contributed by atoms with Crippen LogP contribution in [-0.4, -0.2) is 77.4 Å². The number of amides is 2. The van der Waals surface area contributed by atoms with Gasteiger partial charge >= 0.3 is 5.69 Å². The number of para-hydroxylation sites is 1. The van der Waals surface area contributed by atoms with E-state index >= 15 is 0 Å². The summed E-state index contributed by atoms with van der Waals surface area (Å²) in [6.07, 6.45) is 3.11. The number of carbonyl (C=O) groups is 2. The lowest BCUT2D eigenvalue weighted by Crippen LogP contribution is -2.47. The molecular formula is C22H25N5O5. The number of unbranched alkanes of at least 4 members (excludes halogenated alkanes) is 1. The molecule has 0 aliphatic carbocycles. The van der Waals surface area contributed by atoms with Gasteiger partial charge in [-0.1, -0.05) is 12.1 Å². The highest BCUT2D eigenvalue weighted by Crippen LogP contribution is 2.26. The van der Waals surface area contributed by atoms with Gasteiger partial charge in [-0.2, -0.15) is 0 Å². The molecular weight excluding hydrogens is 414 g/mol. The number of nitro groups is 1. The maximum absolute atomic E-state index is 12.7. The molecule has 2 aromatic rings. The Hall–Kier alpha value is -3.53. The van der Waals surface area contributed by atoms with E-state index in [9.17, 15) is 19.7 Å². The van der Waals surface area contributed by atoms with Crippen LogP contribution in [0.1, 0.15) is 23.2 Å². The van der Waals surface area contributed by atoms with Crippen LogP contribution in [-0.2, 0) is 4.79 Å². The van der Waals surface area contributed by atoms with Gasteiger partial charge in [-0.15, -0.1) is 0 Å². The van der Waals surface area contributed by atoms with E-state index in [1.54, 1.807) is 36.5 Å². The SMILES string of the molecule is O=C1COc2ccccc2C(=O)N1CCCCN1CCN(c2ncccc2[N+](=O)[O-])CC1. The van der Waals surface area contributed by atoms with E-state index in [0.29, 0.717) is 43.2 Å². The number of fused-ring (bicyclic) bond motifs is 1. The molecule has 0 unspecified atom stereocenters. The van der Waals surface area contributed by atoms with Crippen LogP contribution in [0.15, 0.2) is 42.6 Å². The fraction of sp³-hybridized carbons (Fsp3) is 0.409. The Morgan fingerprint density at radius 3 is 2.53 bits per heavy atom. The van der Waals surface area contributed by atoms with E-state index < -0.39 is 4.92 Å². The number of ether oxygens (including phenoxy) is 1. The largest absolute Gasteiger partial charge is 0.483 e. The molecule has 2 aliphatic rings. The van der Waals surface area contributed by atoms with Crippen LogP contribution < -0.4 is 9.64 Å². The van der Waals surface area contributed by atoms with Crippen molar-refractivity contribution in [3.05, 3.63) is 58.3 Å². The summed E-state index contributed by atoms with van der Waals surface area (Å²) in [6.45, 7) is 3.93. The van der Waals surface area contributed by atoms with Gasteiger partial charge in [-0.3, -0.25) is 29.5 Å². The third-order valence-electron chi connectivity index (χ3n) is 5.76. The highest BCUT2D eigenvalue weighted by Gasteiger charge is 2.29. The summed E-state index contributed by atoms with van der Waals surface area (Å²) in [4.78, 5) is 45.6. The summed E-state index contributed by atoms with van der Waals surface area (Å²) in [5, 5.41) is 11.2. The zero-order valence-corrected chi connectivity index (χ0v) is 17.7. The number of aromatic nitrogens is 1. The lowest BCUT2D eigenvalue weighted by Gasteiger charge is -2.35. The number of benzene rings is 1. The lowest BCUT2D eigenvalue weighted by atomic mass is 10.1. The Kier molecular flexibility index (Phi) is 6.60. The number of pyridine rings is 1. The van der Waals surface area contributed by atoms with Gasteiger partial charge in [0, 0.05) is 45.0 Å². The predicted molar refractivity (Wildman–Crippen MR) is 117 cm³/mol. The lowest BCUT2D eigenvalue weighted by molar-refractivity contribution is -0.384. The Morgan fingerprint density at radius 2 is 1.75 bits per heavy atom. The third-order valence-corrected chi connectivity index (χ3v) is 5.76. The van der Waals surface area contributed by atoms with Crippen molar-refractivity contribution in [2.45, 2.75) is 12.8 Å². The second-order valence-corrected chi connectivity index (χ2v) is 7.77. The summed E-state index contributed by atoms with van der Waals surface area (Å²) in [7, 11) is 0. The van der Waals surface area contributed by atoms with Crippen molar-refractivity contribution < 1.29 is 19.2 Å². The Balaban J connectivity index is 1.25. The molecule has 0 saturated carbocycles. The number of hydrogen-bond donors (Lipinski definition) is 0. The maximum Gasteiger partial charge on any atom is 0.311 e. The van der Waals surface area contributed by atoms with E-state index in [4.69, 9.17) is 4.74 Å². The number of nitrogens with zero attached hydrogens (tertiary/aromatic N) is 5. The van der Waals surface area contributed by atoms with E-state index in [1.807, 2.05) is 4.90 Å². The molecule has 10 heteroatoms. The highest BCUT2D eigenvalue weighted by molar-refractivity contribution is 6.07. The molecule has 3 heterocycles. The van der Waals surface area contributed by atoms with Crippen LogP contribution in [0, 0.1) is 10.1 Å². The van der Waals surface area contributed by atoms with Crippen LogP contribution in [0.25, 0.3) is 0 Å². The molecule has 0 radical (unpaired) electrons. The predicted octanol–water partition coefficient (Wildman–Crippen LogP) is 1.95. The summed E-state index contributed by atoms with van der Waals surface area (Å²) in [6, 6.07) is 9.95. The zero-order valence-electron chi connectivity index (χ0n) is 17.7. The second kappa shape index (κ2) is 9.73. The Morgan fingerprint density at radius 1 is 1.00 bits per heavy atom. The highest BCUT2D eigenvalue weighted by atomic mass is 16.6. The molecule has 0 N–H and O–H groups in total. The molecule has 0 atom stereocenters. The first-order valence-electron chi connectivity index (χ1n) is 10.7. The minimum atomic E-state index is -0.399. The fourth-order valence-electron chi connectivity index (χ4n) is 4.03. The van der Waals surface area contributed by atoms with Crippen molar-refractivity contribution in [1.29, 1.82) is 0 Å². The van der Waals surface area contributed by atoms with Crippen molar-refractivity contribution in [1.82, 2.24) is 14.8 Å². The van der Waals surface area contributed by atoms with Crippen LogP contribution in [0.4, 0.5) is 11.5 Å². The first-order valence-corrected chi connectivity index (χ1v) is 10.7. The molecule has 32 heavy (non-hydrogen) atoms. The van der Waals surface area contributed by atoms with E-state index in [2.05, 4.69) is 9.88 Å². The molecule has 2 amide bonds. The number of hydrogen-bond acceptors (Lipinski definition) is 8. The van der Waals surface area contributed by atoms with Gasteiger partial charge in [-0.05, 0) is 37.6 Å². The molecule has 0 spiro atoms. The standard InChI is InChI=1S/C22H25N5O5/c28-20-16-32-19-8-2-1-6-17(19)22(29)26(20)11-4-3-10-24-12-14-25(15-13-24)21-18(27(30)31)7-5-9-23-21/h1-2,5-9H,3-4,10-16H2. The first kappa shape index (κ1) is 21.7. The summed E-state index contributed by atoms with van der Waals surface area (Å²) >= 11 is 0. The normalized spacial score (nSPS) is 17.0. The number of anilines is 1. The molecule has 4 rings (SSSR count). The van der Waals surface area contributed by atoms with Crippen LogP contribution in [0.2, 0.25) is 0 Å². The van der Waals surface area contributed by atoms with Crippen LogP contribution in [0.3, 0.4) is 0 Å². The van der Waals surface area contributed by atoms with Crippen LogP contribution in [0.5, 0.6) is 5.75 Å². The summed E-state index contributed by atoms with van der Waals surface area (Å²) in [5.41, 5.74) is 0.441. The number of carbonyl (C=O) groups excluding carboxylic acids is 2. The minimum absolute atomic E-state index is 0.0262. The molecule has 2 aliphatic heterocycles. The molecule has 1 fully saturated rings. The maximum atomic E-state index is 12.7. The number of rotatable bonds is 7. The minimum Gasteiger partial charge on any atom is -0.483 e. The zero-order chi connectivity index (χ0) is 22.5. The van der Waals surface area contributed by atoms with Crippen molar-refractivity contribution in [2.75, 3.05) is 50.8 Å². The molecule has 10 nitrogen and oxygen atoms in total.